The molecule has 2 heterocycles. The van der Waals surface area contributed by atoms with Crippen molar-refractivity contribution in [3.05, 3.63) is 59.1 Å². The lowest BCUT2D eigenvalue weighted by Crippen LogP contribution is -2.21. The lowest BCUT2D eigenvalue weighted by atomic mass is 10.2. The van der Waals surface area contributed by atoms with Crippen LogP contribution in [0.1, 0.15) is 11.3 Å². The van der Waals surface area contributed by atoms with Crippen LogP contribution in [-0.4, -0.2) is 30.5 Å². The molecule has 0 saturated heterocycles. The SMILES string of the molecule is Cc1ccnn1CC(=O)Nc1ncn(Cc2ccccc2Cl)n1. The van der Waals surface area contributed by atoms with E-state index < -0.39 is 0 Å². The summed E-state index contributed by atoms with van der Waals surface area (Å²) in [6, 6.07) is 9.36. The molecule has 0 radical (unpaired) electrons. The van der Waals surface area contributed by atoms with Gasteiger partial charge in [0.25, 0.3) is 0 Å². The highest BCUT2D eigenvalue weighted by Crippen LogP contribution is 2.15. The van der Waals surface area contributed by atoms with E-state index in [-0.39, 0.29) is 18.4 Å². The molecule has 0 aliphatic heterocycles. The van der Waals surface area contributed by atoms with E-state index in [1.807, 2.05) is 37.3 Å². The largest absolute Gasteiger partial charge is 0.292 e. The monoisotopic (exact) mass is 330 g/mol. The number of rotatable bonds is 5. The highest BCUT2D eigenvalue weighted by Gasteiger charge is 2.09. The molecule has 0 spiro atoms. The molecule has 7 nitrogen and oxygen atoms in total. The van der Waals surface area contributed by atoms with E-state index in [0.29, 0.717) is 11.6 Å². The van der Waals surface area contributed by atoms with Crippen molar-refractivity contribution in [1.29, 1.82) is 0 Å². The predicted molar refractivity (Wildman–Crippen MR) is 86.2 cm³/mol. The minimum Gasteiger partial charge on any atom is -0.292 e. The molecule has 0 fully saturated rings. The second kappa shape index (κ2) is 6.62. The summed E-state index contributed by atoms with van der Waals surface area (Å²) >= 11 is 6.12. The fraction of sp³-hybridized carbons (Fsp3) is 0.200. The third-order valence-electron chi connectivity index (χ3n) is 3.30. The quantitative estimate of drug-likeness (QED) is 0.777. The van der Waals surface area contributed by atoms with Crippen molar-refractivity contribution in [2.45, 2.75) is 20.0 Å². The van der Waals surface area contributed by atoms with Crippen molar-refractivity contribution in [2.24, 2.45) is 0 Å². The van der Waals surface area contributed by atoms with Gasteiger partial charge in [0.1, 0.15) is 12.9 Å². The number of anilines is 1. The van der Waals surface area contributed by atoms with Crippen molar-refractivity contribution in [2.75, 3.05) is 5.32 Å². The van der Waals surface area contributed by atoms with Gasteiger partial charge in [0, 0.05) is 16.9 Å². The molecule has 0 saturated carbocycles. The van der Waals surface area contributed by atoms with E-state index in [2.05, 4.69) is 20.5 Å². The van der Waals surface area contributed by atoms with Gasteiger partial charge in [-0.1, -0.05) is 29.8 Å². The third-order valence-corrected chi connectivity index (χ3v) is 3.67. The number of aryl methyl sites for hydroxylation is 1. The Morgan fingerprint density at radius 1 is 1.30 bits per heavy atom. The molecule has 0 aliphatic carbocycles. The molecule has 1 N–H and O–H groups in total. The Morgan fingerprint density at radius 3 is 2.87 bits per heavy atom. The molecular weight excluding hydrogens is 316 g/mol. The molecule has 3 aromatic rings. The summed E-state index contributed by atoms with van der Waals surface area (Å²) < 4.78 is 3.23. The summed E-state index contributed by atoms with van der Waals surface area (Å²) in [5, 5.41) is 11.6. The van der Waals surface area contributed by atoms with Gasteiger partial charge < -0.3 is 0 Å². The van der Waals surface area contributed by atoms with Gasteiger partial charge in [0.15, 0.2) is 0 Å². The van der Waals surface area contributed by atoms with Crippen molar-refractivity contribution in [3.63, 3.8) is 0 Å². The lowest BCUT2D eigenvalue weighted by molar-refractivity contribution is -0.117. The fourth-order valence-corrected chi connectivity index (χ4v) is 2.29. The van der Waals surface area contributed by atoms with E-state index in [1.54, 1.807) is 21.9 Å². The van der Waals surface area contributed by atoms with Crippen molar-refractivity contribution in [3.8, 4) is 0 Å². The summed E-state index contributed by atoms with van der Waals surface area (Å²) in [6.07, 6.45) is 3.21. The topological polar surface area (TPSA) is 77.6 Å². The smallest absolute Gasteiger partial charge is 0.248 e. The molecule has 1 amide bonds. The summed E-state index contributed by atoms with van der Waals surface area (Å²) in [5.41, 5.74) is 1.85. The minimum absolute atomic E-state index is 0.123. The van der Waals surface area contributed by atoms with E-state index in [9.17, 15) is 4.79 Å². The fourth-order valence-electron chi connectivity index (χ4n) is 2.09. The van der Waals surface area contributed by atoms with Crippen LogP contribution in [0.3, 0.4) is 0 Å². The Hall–Kier alpha value is -2.67. The molecule has 8 heteroatoms. The minimum atomic E-state index is -0.229. The van der Waals surface area contributed by atoms with Gasteiger partial charge in [-0.25, -0.2) is 9.67 Å². The normalized spacial score (nSPS) is 10.7. The van der Waals surface area contributed by atoms with Crippen LogP contribution in [0.15, 0.2) is 42.9 Å². The molecule has 23 heavy (non-hydrogen) atoms. The first-order valence-electron chi connectivity index (χ1n) is 7.03. The van der Waals surface area contributed by atoms with Gasteiger partial charge in [-0.2, -0.15) is 5.10 Å². The molecule has 0 unspecified atom stereocenters. The molecule has 0 bridgehead atoms. The van der Waals surface area contributed by atoms with Gasteiger partial charge in [-0.15, -0.1) is 5.10 Å². The molecule has 3 rings (SSSR count). The average Bonchev–Trinajstić information content (AvgIpc) is 3.11. The first kappa shape index (κ1) is 15.2. The Morgan fingerprint density at radius 2 is 2.13 bits per heavy atom. The zero-order valence-electron chi connectivity index (χ0n) is 12.5. The first-order chi connectivity index (χ1) is 11.1. The van der Waals surface area contributed by atoms with E-state index in [1.165, 1.54) is 0 Å². The van der Waals surface area contributed by atoms with Crippen molar-refractivity contribution >= 4 is 23.5 Å². The second-order valence-corrected chi connectivity index (χ2v) is 5.44. The maximum Gasteiger partial charge on any atom is 0.248 e. The van der Waals surface area contributed by atoms with Crippen LogP contribution in [0.4, 0.5) is 5.95 Å². The number of carbonyl (C=O) groups excluding carboxylic acids is 1. The Balaban J connectivity index is 1.62. The van der Waals surface area contributed by atoms with Crippen LogP contribution in [0.5, 0.6) is 0 Å². The Labute approximate surface area is 137 Å². The number of carbonyl (C=O) groups is 1. The van der Waals surface area contributed by atoms with Gasteiger partial charge in [0.05, 0.1) is 6.54 Å². The molecule has 0 aliphatic rings. The van der Waals surface area contributed by atoms with Crippen molar-refractivity contribution < 1.29 is 4.79 Å². The van der Waals surface area contributed by atoms with E-state index in [4.69, 9.17) is 11.6 Å². The number of hydrogen-bond acceptors (Lipinski definition) is 4. The molecule has 118 valence electrons. The number of hydrogen-bond donors (Lipinski definition) is 1. The summed E-state index contributed by atoms with van der Waals surface area (Å²) in [6.45, 7) is 2.50. The van der Waals surface area contributed by atoms with Crippen LogP contribution in [0, 0.1) is 6.92 Å². The van der Waals surface area contributed by atoms with E-state index in [0.717, 1.165) is 11.3 Å². The number of halogens is 1. The summed E-state index contributed by atoms with van der Waals surface area (Å²) in [4.78, 5) is 16.1. The maximum absolute atomic E-state index is 12.0. The zero-order chi connectivity index (χ0) is 16.2. The summed E-state index contributed by atoms with van der Waals surface area (Å²) in [7, 11) is 0. The second-order valence-electron chi connectivity index (χ2n) is 5.04. The number of benzene rings is 1. The number of amides is 1. The molecule has 0 atom stereocenters. The van der Waals surface area contributed by atoms with Gasteiger partial charge in [0.2, 0.25) is 11.9 Å². The number of nitrogens with one attached hydrogen (secondary N) is 1. The Kier molecular flexibility index (Phi) is 4.38. The molecular formula is C15H15ClN6O. The van der Waals surface area contributed by atoms with E-state index >= 15 is 0 Å². The summed E-state index contributed by atoms with van der Waals surface area (Å²) in [5.74, 6) is 0.0270. The molecule has 1 aromatic carbocycles. The van der Waals surface area contributed by atoms with Gasteiger partial charge in [-0.05, 0) is 24.6 Å². The first-order valence-corrected chi connectivity index (χ1v) is 7.41. The zero-order valence-corrected chi connectivity index (χ0v) is 13.2. The lowest BCUT2D eigenvalue weighted by Gasteiger charge is -2.04. The standard InChI is InChI=1S/C15H15ClN6O/c1-11-6-7-18-22(11)9-14(23)19-15-17-10-21(20-15)8-12-4-2-3-5-13(12)16/h2-7,10H,8-9H2,1H3,(H,19,20,23). The van der Waals surface area contributed by atoms with Crippen LogP contribution in [0.2, 0.25) is 5.02 Å². The maximum atomic E-state index is 12.0. The van der Waals surface area contributed by atoms with Crippen molar-refractivity contribution in [1.82, 2.24) is 24.5 Å². The van der Waals surface area contributed by atoms with Crippen LogP contribution in [0.25, 0.3) is 0 Å². The Bertz CT molecular complexity index is 825. The third kappa shape index (κ3) is 3.75. The predicted octanol–water partition coefficient (Wildman–Crippen LogP) is 2.12. The van der Waals surface area contributed by atoms with Crippen LogP contribution in [-0.2, 0) is 17.9 Å². The van der Waals surface area contributed by atoms with Crippen LogP contribution < -0.4 is 5.32 Å². The number of aromatic nitrogens is 5. The van der Waals surface area contributed by atoms with Gasteiger partial charge in [-0.3, -0.25) is 14.8 Å². The van der Waals surface area contributed by atoms with Crippen LogP contribution >= 0.6 is 11.6 Å². The molecule has 2 aromatic heterocycles. The highest BCUT2D eigenvalue weighted by molar-refractivity contribution is 6.31. The average molecular weight is 331 g/mol. The van der Waals surface area contributed by atoms with Gasteiger partial charge >= 0.3 is 0 Å². The highest BCUT2D eigenvalue weighted by atomic mass is 35.5. The number of nitrogens with zero attached hydrogens (tertiary/aromatic N) is 5.